The lowest BCUT2D eigenvalue weighted by Crippen LogP contribution is -2.10. The number of hydrogen-bond donors (Lipinski definition) is 2. The maximum atomic E-state index is 12.4. The number of nitrogens with two attached hydrogens (primary N) is 1. The number of benzene rings is 2. The van der Waals surface area contributed by atoms with Crippen molar-refractivity contribution in [2.45, 2.75) is 0 Å². The Morgan fingerprint density at radius 2 is 1.79 bits per heavy atom. The van der Waals surface area contributed by atoms with Crippen LogP contribution in [0.1, 0.15) is 26.3 Å². The molecule has 0 aromatic heterocycles. The average molecular weight is 327 g/mol. The molecular formula is C18H17NO5. The molecule has 0 saturated carbocycles. The molecule has 0 aliphatic rings. The van der Waals surface area contributed by atoms with Crippen molar-refractivity contribution >= 4 is 23.5 Å². The van der Waals surface area contributed by atoms with Crippen molar-refractivity contribution in [3.63, 3.8) is 0 Å². The van der Waals surface area contributed by atoms with Gasteiger partial charge in [0.1, 0.15) is 0 Å². The van der Waals surface area contributed by atoms with Crippen LogP contribution in [0, 0.1) is 0 Å². The zero-order chi connectivity index (χ0) is 17.7. The fraction of sp³-hybridized carbons (Fsp3) is 0.111. The molecule has 0 amide bonds. The molecule has 2 aromatic carbocycles. The molecule has 0 atom stereocenters. The van der Waals surface area contributed by atoms with E-state index < -0.39 is 11.8 Å². The van der Waals surface area contributed by atoms with Crippen LogP contribution in [0.3, 0.4) is 0 Å². The molecule has 124 valence electrons. The number of hydrogen-bond acceptors (Lipinski definition) is 5. The first kappa shape index (κ1) is 17.1. The fourth-order valence-electron chi connectivity index (χ4n) is 2.24. The summed E-state index contributed by atoms with van der Waals surface area (Å²) < 4.78 is 10.3. The molecule has 0 unspecified atom stereocenters. The van der Waals surface area contributed by atoms with Crippen LogP contribution in [-0.4, -0.2) is 31.1 Å². The number of anilines is 1. The summed E-state index contributed by atoms with van der Waals surface area (Å²) in [5, 5.41) is 9.19. The minimum absolute atomic E-state index is 0.0262. The van der Waals surface area contributed by atoms with Crippen molar-refractivity contribution in [1.29, 1.82) is 0 Å². The third-order valence-electron chi connectivity index (χ3n) is 3.41. The minimum atomic E-state index is -1.20. The molecule has 6 nitrogen and oxygen atoms in total. The van der Waals surface area contributed by atoms with Gasteiger partial charge in [0.25, 0.3) is 0 Å². The third-order valence-corrected chi connectivity index (χ3v) is 3.41. The van der Waals surface area contributed by atoms with Crippen LogP contribution in [-0.2, 0) is 0 Å². The molecule has 0 aliphatic carbocycles. The summed E-state index contributed by atoms with van der Waals surface area (Å²) in [6, 6.07) is 9.49. The number of carboxylic acids is 1. The highest BCUT2D eigenvalue weighted by atomic mass is 16.5. The summed E-state index contributed by atoms with van der Waals surface area (Å²) in [7, 11) is 3.04. The van der Waals surface area contributed by atoms with Gasteiger partial charge in [-0.05, 0) is 35.9 Å². The number of rotatable bonds is 6. The molecule has 0 heterocycles. The third kappa shape index (κ3) is 3.55. The van der Waals surface area contributed by atoms with E-state index >= 15 is 0 Å². The molecular weight excluding hydrogens is 310 g/mol. The number of carbonyl (C=O) groups excluding carboxylic acids is 1. The zero-order valence-corrected chi connectivity index (χ0v) is 13.3. The van der Waals surface area contributed by atoms with Crippen LogP contribution in [0.5, 0.6) is 11.5 Å². The van der Waals surface area contributed by atoms with Gasteiger partial charge in [-0.15, -0.1) is 0 Å². The van der Waals surface area contributed by atoms with Gasteiger partial charge in [-0.1, -0.05) is 18.2 Å². The van der Waals surface area contributed by atoms with E-state index in [0.717, 1.165) is 0 Å². The molecule has 0 saturated heterocycles. The van der Waals surface area contributed by atoms with Crippen LogP contribution in [0.4, 0.5) is 5.69 Å². The van der Waals surface area contributed by atoms with E-state index in [4.69, 9.17) is 15.2 Å². The number of nitrogen functional groups attached to an aromatic ring is 1. The first-order valence-corrected chi connectivity index (χ1v) is 7.04. The van der Waals surface area contributed by atoms with E-state index in [1.807, 2.05) is 0 Å². The van der Waals surface area contributed by atoms with Gasteiger partial charge in [0, 0.05) is 5.69 Å². The Morgan fingerprint density at radius 1 is 1.08 bits per heavy atom. The van der Waals surface area contributed by atoms with Crippen LogP contribution in [0.15, 0.2) is 42.5 Å². The quantitative estimate of drug-likeness (QED) is 0.481. The van der Waals surface area contributed by atoms with Crippen LogP contribution in [0.25, 0.3) is 6.08 Å². The Bertz CT molecular complexity index is 811. The number of allylic oxidation sites excluding steroid dienone is 1. The molecule has 2 rings (SSSR count). The van der Waals surface area contributed by atoms with Crippen molar-refractivity contribution in [3.05, 3.63) is 59.2 Å². The largest absolute Gasteiger partial charge is 0.493 e. The van der Waals surface area contributed by atoms with Gasteiger partial charge in [0.15, 0.2) is 17.3 Å². The van der Waals surface area contributed by atoms with Crippen LogP contribution >= 0.6 is 0 Å². The predicted molar refractivity (Wildman–Crippen MR) is 90.7 cm³/mol. The van der Waals surface area contributed by atoms with Crippen molar-refractivity contribution < 1.29 is 24.2 Å². The van der Waals surface area contributed by atoms with Gasteiger partial charge in [-0.3, -0.25) is 4.79 Å². The van der Waals surface area contributed by atoms with E-state index in [1.165, 1.54) is 38.5 Å². The van der Waals surface area contributed by atoms with Gasteiger partial charge in [0.05, 0.1) is 25.3 Å². The van der Waals surface area contributed by atoms with Gasteiger partial charge in [0.2, 0.25) is 0 Å². The zero-order valence-electron chi connectivity index (χ0n) is 13.3. The van der Waals surface area contributed by atoms with Crippen molar-refractivity contribution in [2.24, 2.45) is 0 Å². The maximum Gasteiger partial charge on any atom is 0.336 e. The summed E-state index contributed by atoms with van der Waals surface area (Å²) in [6.45, 7) is 0. The normalized spacial score (nSPS) is 10.6. The molecule has 0 fully saturated rings. The number of carbonyl (C=O) groups is 2. The number of ether oxygens (including phenoxy) is 2. The average Bonchev–Trinajstić information content (AvgIpc) is 2.58. The molecule has 0 spiro atoms. The highest BCUT2D eigenvalue weighted by molar-refractivity contribution is 6.15. The molecule has 24 heavy (non-hydrogen) atoms. The molecule has 0 aliphatic heterocycles. The first-order valence-electron chi connectivity index (χ1n) is 7.04. The number of methoxy groups -OCH3 is 2. The summed E-state index contributed by atoms with van der Waals surface area (Å²) in [4.78, 5) is 23.6. The standard InChI is InChI=1S/C18H17NO5/c1-23-15-9-7-11(10-16(15)24-2)6-8-14(20)17-12(18(21)22)4-3-5-13(17)19/h3-10H,19H2,1-2H3,(H,21,22)/b8-6+. The maximum absolute atomic E-state index is 12.4. The van der Waals surface area contributed by atoms with E-state index in [-0.39, 0.29) is 16.8 Å². The minimum Gasteiger partial charge on any atom is -0.493 e. The molecule has 2 aromatic rings. The predicted octanol–water partition coefficient (Wildman–Crippen LogP) is 2.88. The SMILES string of the molecule is COc1ccc(/C=C/C(=O)c2c(N)cccc2C(=O)O)cc1OC. The Labute approximate surface area is 139 Å². The molecule has 0 bridgehead atoms. The second kappa shape index (κ2) is 7.32. The van der Waals surface area contributed by atoms with Gasteiger partial charge in [-0.25, -0.2) is 4.79 Å². The lowest BCUT2D eigenvalue weighted by atomic mass is 10.0. The number of aromatic carboxylic acids is 1. The van der Waals surface area contributed by atoms with Crippen LogP contribution in [0.2, 0.25) is 0 Å². The van der Waals surface area contributed by atoms with Gasteiger partial charge in [-0.2, -0.15) is 0 Å². The van der Waals surface area contributed by atoms with Crippen molar-refractivity contribution in [3.8, 4) is 11.5 Å². The monoisotopic (exact) mass is 327 g/mol. The van der Waals surface area contributed by atoms with Gasteiger partial charge < -0.3 is 20.3 Å². The smallest absolute Gasteiger partial charge is 0.336 e. The highest BCUT2D eigenvalue weighted by Crippen LogP contribution is 2.28. The summed E-state index contributed by atoms with van der Waals surface area (Å²) in [5.74, 6) is -0.593. The topological polar surface area (TPSA) is 98.9 Å². The number of carboxylic acid groups (broad SMARTS) is 1. The van der Waals surface area contributed by atoms with Crippen LogP contribution < -0.4 is 15.2 Å². The van der Waals surface area contributed by atoms with E-state index in [1.54, 1.807) is 24.3 Å². The first-order chi connectivity index (χ1) is 11.5. The van der Waals surface area contributed by atoms with E-state index in [0.29, 0.717) is 17.1 Å². The molecule has 3 N–H and O–H groups in total. The van der Waals surface area contributed by atoms with Gasteiger partial charge >= 0.3 is 5.97 Å². The van der Waals surface area contributed by atoms with Crippen molar-refractivity contribution in [2.75, 3.05) is 20.0 Å². The fourth-order valence-corrected chi connectivity index (χ4v) is 2.24. The van der Waals surface area contributed by atoms with Crippen molar-refractivity contribution in [1.82, 2.24) is 0 Å². The second-order valence-electron chi connectivity index (χ2n) is 4.89. The summed E-state index contributed by atoms with van der Waals surface area (Å²) in [5.41, 5.74) is 6.43. The number of ketones is 1. The highest BCUT2D eigenvalue weighted by Gasteiger charge is 2.17. The van der Waals surface area contributed by atoms with E-state index in [9.17, 15) is 14.7 Å². The Kier molecular flexibility index (Phi) is 5.21. The Balaban J connectivity index is 2.34. The molecule has 6 heteroatoms. The Hall–Kier alpha value is -3.28. The molecule has 0 radical (unpaired) electrons. The summed E-state index contributed by atoms with van der Waals surface area (Å²) in [6.07, 6.45) is 2.84. The lowest BCUT2D eigenvalue weighted by molar-refractivity contribution is 0.0693. The Morgan fingerprint density at radius 3 is 2.42 bits per heavy atom. The summed E-state index contributed by atoms with van der Waals surface area (Å²) >= 11 is 0. The van der Waals surface area contributed by atoms with E-state index in [2.05, 4.69) is 0 Å². The lowest BCUT2D eigenvalue weighted by Gasteiger charge is -2.08. The second-order valence-corrected chi connectivity index (χ2v) is 4.89.